The van der Waals surface area contributed by atoms with Crippen LogP contribution in [0.15, 0.2) is 12.3 Å². The average molecular weight is 483 g/mol. The number of amides is 1. The van der Waals surface area contributed by atoms with Crippen LogP contribution < -0.4 is 0 Å². The highest BCUT2D eigenvalue weighted by Gasteiger charge is 2.59. The number of ether oxygens (including phenoxy) is 3. The van der Waals surface area contributed by atoms with Crippen molar-refractivity contribution in [2.75, 3.05) is 26.9 Å². The number of pyridine rings is 1. The topological polar surface area (TPSA) is 60.9 Å². The molecule has 2 saturated heterocycles. The quantitative estimate of drug-likeness (QED) is 0.649. The standard InChI is InChI=1S/C25H33F3N2O4/c1-15-10-24(11-16(8-22(24)34-15)7-17-4-6-33-14-21(17)32-2)23(31)30-5-3-20-18(13-30)9-19(12-29-20)25(26,27)28/h9,12,15-17,21-22H,3-8,10-11,13-14H2,1-2H3/t15?,16-,17?,21?,22-,24-/m1/s1. The molecular weight excluding hydrogens is 449 g/mol. The third-order valence-corrected chi connectivity index (χ3v) is 8.32. The first kappa shape index (κ1) is 24.0. The minimum Gasteiger partial charge on any atom is -0.379 e. The van der Waals surface area contributed by atoms with Crippen LogP contribution in [0.1, 0.15) is 55.8 Å². The minimum atomic E-state index is -4.45. The predicted molar refractivity (Wildman–Crippen MR) is 117 cm³/mol. The van der Waals surface area contributed by atoms with Crippen molar-refractivity contribution in [2.24, 2.45) is 17.3 Å². The van der Waals surface area contributed by atoms with E-state index >= 15 is 0 Å². The lowest BCUT2D eigenvalue weighted by molar-refractivity contribution is -0.145. The summed E-state index contributed by atoms with van der Waals surface area (Å²) in [5.41, 5.74) is -0.213. The highest BCUT2D eigenvalue weighted by molar-refractivity contribution is 5.84. The van der Waals surface area contributed by atoms with E-state index in [0.717, 1.165) is 44.6 Å². The second-order valence-corrected chi connectivity index (χ2v) is 10.5. The Kier molecular flexibility index (Phi) is 6.40. The molecule has 6 nitrogen and oxygen atoms in total. The molecule has 0 N–H and O–H groups in total. The molecule has 5 rings (SSSR count). The number of carbonyl (C=O) groups excluding carboxylic acids is 1. The lowest BCUT2D eigenvalue weighted by atomic mass is 9.77. The maximum atomic E-state index is 14.0. The number of carbonyl (C=O) groups is 1. The third-order valence-electron chi connectivity index (χ3n) is 8.32. The lowest BCUT2D eigenvalue weighted by Gasteiger charge is -2.37. The van der Waals surface area contributed by atoms with E-state index in [4.69, 9.17) is 14.2 Å². The first-order valence-corrected chi connectivity index (χ1v) is 12.3. The molecule has 1 aliphatic carbocycles. The van der Waals surface area contributed by atoms with Gasteiger partial charge in [-0.3, -0.25) is 9.78 Å². The molecule has 34 heavy (non-hydrogen) atoms. The van der Waals surface area contributed by atoms with Crippen LogP contribution in [0.4, 0.5) is 13.2 Å². The Balaban J connectivity index is 1.33. The summed E-state index contributed by atoms with van der Waals surface area (Å²) < 4.78 is 57.1. The average Bonchev–Trinajstić information content (AvgIpc) is 3.30. The first-order valence-electron chi connectivity index (χ1n) is 12.3. The SMILES string of the molecule is COC1COCCC1C[C@@H]1C[C@H]2OC(C)C[C@@]2(C(=O)N2CCc3ncc(C(F)(F)F)cc3C2)C1. The number of halogens is 3. The van der Waals surface area contributed by atoms with E-state index in [1.54, 1.807) is 12.0 Å². The Morgan fingerprint density at radius 3 is 2.94 bits per heavy atom. The fraction of sp³-hybridized carbons (Fsp3) is 0.760. The van der Waals surface area contributed by atoms with Gasteiger partial charge in [0.15, 0.2) is 0 Å². The molecule has 9 heteroatoms. The van der Waals surface area contributed by atoms with E-state index < -0.39 is 17.2 Å². The van der Waals surface area contributed by atoms with E-state index in [1.807, 2.05) is 6.92 Å². The summed E-state index contributed by atoms with van der Waals surface area (Å²) >= 11 is 0. The summed E-state index contributed by atoms with van der Waals surface area (Å²) in [7, 11) is 1.72. The van der Waals surface area contributed by atoms with Crippen LogP contribution >= 0.6 is 0 Å². The van der Waals surface area contributed by atoms with Gasteiger partial charge in [-0.1, -0.05) is 0 Å². The molecule has 3 unspecified atom stereocenters. The summed E-state index contributed by atoms with van der Waals surface area (Å²) in [5.74, 6) is 0.793. The molecule has 0 spiro atoms. The van der Waals surface area contributed by atoms with Gasteiger partial charge in [0.25, 0.3) is 0 Å². The molecule has 188 valence electrons. The molecule has 1 amide bonds. The van der Waals surface area contributed by atoms with Gasteiger partial charge in [-0.05, 0) is 62.5 Å². The highest BCUT2D eigenvalue weighted by atomic mass is 19.4. The van der Waals surface area contributed by atoms with Crippen molar-refractivity contribution < 1.29 is 32.2 Å². The second-order valence-electron chi connectivity index (χ2n) is 10.5. The molecule has 1 aromatic rings. The second kappa shape index (κ2) is 9.06. The van der Waals surface area contributed by atoms with Gasteiger partial charge in [-0.2, -0.15) is 13.2 Å². The number of fused-ring (bicyclic) bond motifs is 2. The van der Waals surface area contributed by atoms with Gasteiger partial charge in [0, 0.05) is 45.1 Å². The molecule has 1 saturated carbocycles. The molecular formula is C25H33F3N2O4. The van der Waals surface area contributed by atoms with Gasteiger partial charge < -0.3 is 19.1 Å². The van der Waals surface area contributed by atoms with E-state index in [1.165, 1.54) is 0 Å². The number of nitrogens with zero attached hydrogens (tertiary/aromatic N) is 2. The van der Waals surface area contributed by atoms with Crippen molar-refractivity contribution in [3.63, 3.8) is 0 Å². The maximum Gasteiger partial charge on any atom is 0.417 e. The van der Waals surface area contributed by atoms with Gasteiger partial charge in [0.2, 0.25) is 5.91 Å². The zero-order valence-corrected chi connectivity index (χ0v) is 19.8. The molecule has 6 atom stereocenters. The number of rotatable bonds is 4. The van der Waals surface area contributed by atoms with E-state index in [9.17, 15) is 18.0 Å². The van der Waals surface area contributed by atoms with Crippen molar-refractivity contribution in [3.8, 4) is 0 Å². The van der Waals surface area contributed by atoms with Crippen LogP contribution in [-0.2, 0) is 38.1 Å². The first-order chi connectivity index (χ1) is 16.2. The van der Waals surface area contributed by atoms with E-state index in [-0.39, 0.29) is 30.8 Å². The zero-order valence-electron chi connectivity index (χ0n) is 19.8. The van der Waals surface area contributed by atoms with Crippen LogP contribution in [0, 0.1) is 17.3 Å². The fourth-order valence-electron chi connectivity index (χ4n) is 6.78. The summed E-state index contributed by atoms with van der Waals surface area (Å²) in [5, 5.41) is 0. The summed E-state index contributed by atoms with van der Waals surface area (Å²) in [4.78, 5) is 19.7. The normalized spacial score (nSPS) is 35.8. The molecule has 4 heterocycles. The Morgan fingerprint density at radius 1 is 1.35 bits per heavy atom. The summed E-state index contributed by atoms with van der Waals surface area (Å²) in [6, 6.07) is 1.15. The Morgan fingerprint density at radius 2 is 2.18 bits per heavy atom. The fourth-order valence-corrected chi connectivity index (χ4v) is 6.78. The Labute approximate surface area is 198 Å². The predicted octanol–water partition coefficient (Wildman–Crippen LogP) is 4.00. The molecule has 0 bridgehead atoms. The highest BCUT2D eigenvalue weighted by Crippen LogP contribution is 2.55. The molecule has 0 aromatic carbocycles. The van der Waals surface area contributed by atoms with Gasteiger partial charge in [0.1, 0.15) is 0 Å². The number of hydrogen-bond acceptors (Lipinski definition) is 5. The monoisotopic (exact) mass is 482 g/mol. The summed E-state index contributed by atoms with van der Waals surface area (Å²) in [6.07, 6.45) is 1.06. The summed E-state index contributed by atoms with van der Waals surface area (Å²) in [6.45, 7) is 4.00. The smallest absolute Gasteiger partial charge is 0.379 e. The van der Waals surface area contributed by atoms with Crippen molar-refractivity contribution in [2.45, 2.75) is 76.5 Å². The minimum absolute atomic E-state index is 0.000259. The molecule has 4 aliphatic rings. The zero-order chi connectivity index (χ0) is 24.1. The van der Waals surface area contributed by atoms with Gasteiger partial charge in [-0.15, -0.1) is 0 Å². The number of methoxy groups -OCH3 is 1. The van der Waals surface area contributed by atoms with Crippen molar-refractivity contribution in [1.29, 1.82) is 0 Å². The van der Waals surface area contributed by atoms with Crippen LogP contribution in [0.25, 0.3) is 0 Å². The molecule has 3 aliphatic heterocycles. The molecule has 1 aromatic heterocycles. The number of alkyl halides is 3. The van der Waals surface area contributed by atoms with Gasteiger partial charge in [0.05, 0.1) is 35.9 Å². The Hall–Kier alpha value is -1.71. The lowest BCUT2D eigenvalue weighted by Crippen LogP contribution is -2.48. The van der Waals surface area contributed by atoms with E-state index in [0.29, 0.717) is 49.1 Å². The van der Waals surface area contributed by atoms with Crippen LogP contribution in [0.5, 0.6) is 0 Å². The van der Waals surface area contributed by atoms with Gasteiger partial charge >= 0.3 is 6.18 Å². The van der Waals surface area contributed by atoms with Crippen molar-refractivity contribution in [1.82, 2.24) is 9.88 Å². The van der Waals surface area contributed by atoms with Crippen molar-refractivity contribution in [3.05, 3.63) is 29.1 Å². The molecule has 0 radical (unpaired) electrons. The largest absolute Gasteiger partial charge is 0.417 e. The maximum absolute atomic E-state index is 14.0. The van der Waals surface area contributed by atoms with Crippen molar-refractivity contribution >= 4 is 5.91 Å². The van der Waals surface area contributed by atoms with Crippen LogP contribution in [0.3, 0.4) is 0 Å². The number of aromatic nitrogens is 1. The number of hydrogen-bond donors (Lipinski definition) is 0. The Bertz CT molecular complexity index is 926. The third kappa shape index (κ3) is 4.35. The van der Waals surface area contributed by atoms with Crippen LogP contribution in [0.2, 0.25) is 0 Å². The molecule has 3 fully saturated rings. The van der Waals surface area contributed by atoms with Crippen LogP contribution in [-0.4, -0.2) is 61.0 Å². The van der Waals surface area contributed by atoms with E-state index in [2.05, 4.69) is 4.98 Å². The van der Waals surface area contributed by atoms with Gasteiger partial charge in [-0.25, -0.2) is 0 Å².